The molecule has 2 fully saturated rings. The number of aliphatic hydroxyl groups is 3. The predicted molar refractivity (Wildman–Crippen MR) is 241 cm³/mol. The molecule has 0 spiro atoms. The molecular weight excluding hydrogens is 825 g/mol. The topological polar surface area (TPSA) is 192 Å². The van der Waals surface area contributed by atoms with E-state index in [1.807, 2.05) is 49.9 Å². The summed E-state index contributed by atoms with van der Waals surface area (Å²) in [7, 11) is 5.03. The molecule has 0 aliphatic carbocycles. The number of ketones is 1. The van der Waals surface area contributed by atoms with Crippen LogP contribution in [0.1, 0.15) is 99.0 Å². The number of carbonyl (C=O) groups is 3. The van der Waals surface area contributed by atoms with Crippen molar-refractivity contribution < 1.29 is 62.9 Å². The van der Waals surface area contributed by atoms with Gasteiger partial charge in [-0.25, -0.2) is 0 Å². The fourth-order valence-corrected chi connectivity index (χ4v) is 9.08. The summed E-state index contributed by atoms with van der Waals surface area (Å²) >= 11 is 0. The predicted octanol–water partition coefficient (Wildman–Crippen LogP) is 4.67. The Kier molecular flexibility index (Phi) is 21.5. The maximum atomic E-state index is 13.5. The second-order valence-corrected chi connectivity index (χ2v) is 18.9. The monoisotopic (exact) mass is 903 g/mol. The van der Waals surface area contributed by atoms with Gasteiger partial charge in [0.15, 0.2) is 24.5 Å². The van der Waals surface area contributed by atoms with Crippen molar-refractivity contribution in [1.29, 1.82) is 0 Å². The lowest BCUT2D eigenvalue weighted by molar-refractivity contribution is -0.344. The zero-order valence-electron chi connectivity index (χ0n) is 39.8. The lowest BCUT2D eigenvalue weighted by Crippen LogP contribution is -2.66. The number of nitrogens with zero attached hydrogens (tertiary/aromatic N) is 1. The van der Waals surface area contributed by atoms with Crippen LogP contribution in [0.5, 0.6) is 0 Å². The highest BCUT2D eigenvalue weighted by molar-refractivity contribution is 5.91. The first kappa shape index (κ1) is 53.5. The van der Waals surface area contributed by atoms with Crippen molar-refractivity contribution in [2.24, 2.45) is 17.8 Å². The highest BCUT2D eigenvalue weighted by atomic mass is 16.7. The van der Waals surface area contributed by atoms with Crippen molar-refractivity contribution in [3.05, 3.63) is 60.2 Å². The van der Waals surface area contributed by atoms with Crippen LogP contribution in [0.4, 0.5) is 0 Å². The van der Waals surface area contributed by atoms with Gasteiger partial charge in [0.1, 0.15) is 30.0 Å². The quantitative estimate of drug-likeness (QED) is 0.132. The van der Waals surface area contributed by atoms with Crippen LogP contribution in [-0.2, 0) is 54.0 Å². The third kappa shape index (κ3) is 16.1. The van der Waals surface area contributed by atoms with E-state index in [-0.39, 0.29) is 31.0 Å². The van der Waals surface area contributed by atoms with E-state index in [1.165, 1.54) is 18.7 Å². The van der Waals surface area contributed by atoms with Gasteiger partial charge in [-0.1, -0.05) is 69.3 Å². The number of nitrogens with one attached hydrogen (secondary N) is 1. The van der Waals surface area contributed by atoms with Crippen molar-refractivity contribution in [2.75, 3.05) is 34.3 Å². The largest absolute Gasteiger partial charge is 0.462 e. The SMILES string of the molecule is CO[C@@H]1[C@@H](O[C@@H]2O[C@H](C)[C@@H](O[C@H]3C[C@@](C)(O)[C@@H](OC(=O)CC(C)C)[C@H](C)O3)[C@H](N(C)C)[C@H]2O)[C@@H](CCNCCCc2ccccc2)C[C@@H](C)C(=O)/C=C/C=C\C[C@@H](C)OC(=O)C[C@H]1O. The van der Waals surface area contributed by atoms with Crippen LogP contribution in [0.15, 0.2) is 54.6 Å². The minimum absolute atomic E-state index is 0.0165. The zero-order chi connectivity index (χ0) is 47.1. The molecule has 64 heavy (non-hydrogen) atoms. The van der Waals surface area contributed by atoms with Gasteiger partial charge in [-0.2, -0.15) is 0 Å². The van der Waals surface area contributed by atoms with Crippen molar-refractivity contribution in [3.8, 4) is 0 Å². The number of methoxy groups -OCH3 is 1. The molecule has 2 saturated heterocycles. The number of aryl methyl sites for hydroxylation is 1. The molecule has 1 aromatic carbocycles. The number of hydrogen-bond donors (Lipinski definition) is 4. The van der Waals surface area contributed by atoms with Gasteiger partial charge in [0, 0.05) is 32.3 Å². The summed E-state index contributed by atoms with van der Waals surface area (Å²) in [5.74, 6) is -1.92. The van der Waals surface area contributed by atoms with Gasteiger partial charge < -0.3 is 58.7 Å². The van der Waals surface area contributed by atoms with Crippen LogP contribution in [-0.4, -0.2) is 151 Å². The Hall–Kier alpha value is -3.09. The number of ether oxygens (including phenoxy) is 7. The number of cyclic esters (lactones) is 1. The standard InChI is InChI=1S/C49H78N2O13/c1-30(2)26-39(54)62-47-34(6)60-41(29-49(47,7)57)63-44-33(5)61-48(43(56)42(44)51(8)9)64-45-36(23-25-50-24-17-21-35-19-14-12-15-20-35)27-31(3)37(52)22-16-11-13-18-32(4)59-40(55)28-38(53)46(45)58-10/h11-16,19-20,22,30-34,36,38,41-48,50,53,56-57H,17-18,21,23-29H2,1-10H3/b13-11-,22-16+/t31-,32-,33-,34+,36+,38-,41+,42-,43-,44-,45+,46+,47+,48+,49-/m1/s1. The Morgan fingerprint density at radius 2 is 1.69 bits per heavy atom. The Morgan fingerprint density at radius 1 is 0.969 bits per heavy atom. The Labute approximate surface area is 381 Å². The molecule has 3 aliphatic rings. The minimum atomic E-state index is -1.48. The molecule has 0 aromatic heterocycles. The van der Waals surface area contributed by atoms with Crippen molar-refractivity contribution >= 4 is 17.7 Å². The molecular formula is C49H78N2O13. The van der Waals surface area contributed by atoms with Gasteiger partial charge in [0.05, 0.1) is 36.9 Å². The first-order chi connectivity index (χ1) is 30.3. The molecule has 4 N–H and O–H groups in total. The van der Waals surface area contributed by atoms with E-state index in [0.29, 0.717) is 25.8 Å². The highest BCUT2D eigenvalue weighted by Crippen LogP contribution is 2.37. The number of benzene rings is 1. The molecule has 362 valence electrons. The lowest BCUT2D eigenvalue weighted by Gasteiger charge is -2.50. The van der Waals surface area contributed by atoms with Crippen LogP contribution in [0, 0.1) is 17.8 Å². The second kappa shape index (κ2) is 25.7. The van der Waals surface area contributed by atoms with E-state index in [4.69, 9.17) is 33.2 Å². The van der Waals surface area contributed by atoms with Gasteiger partial charge in [0.2, 0.25) is 0 Å². The maximum Gasteiger partial charge on any atom is 0.308 e. The number of esters is 2. The highest BCUT2D eigenvalue weighted by Gasteiger charge is 2.52. The molecule has 15 heteroatoms. The molecule has 0 unspecified atom stereocenters. The average molecular weight is 903 g/mol. The number of carbonyl (C=O) groups excluding carboxylic acids is 3. The molecule has 0 saturated carbocycles. The van der Waals surface area contributed by atoms with Gasteiger partial charge in [0.25, 0.3) is 0 Å². The molecule has 15 atom stereocenters. The Bertz CT molecular complexity index is 1640. The van der Waals surface area contributed by atoms with Crippen molar-refractivity contribution in [2.45, 2.75) is 179 Å². The summed E-state index contributed by atoms with van der Waals surface area (Å²) in [5, 5.41) is 39.1. The first-order valence-electron chi connectivity index (χ1n) is 23.2. The number of hydrogen-bond acceptors (Lipinski definition) is 15. The van der Waals surface area contributed by atoms with E-state index >= 15 is 0 Å². The van der Waals surface area contributed by atoms with Crippen LogP contribution >= 0.6 is 0 Å². The zero-order valence-corrected chi connectivity index (χ0v) is 39.8. The lowest BCUT2D eigenvalue weighted by atomic mass is 9.82. The van der Waals surface area contributed by atoms with Gasteiger partial charge >= 0.3 is 11.9 Å². The number of allylic oxidation sites excluding steroid dienone is 3. The normalized spacial score (nSPS) is 37.0. The summed E-state index contributed by atoms with van der Waals surface area (Å²) in [6.45, 7) is 13.8. The van der Waals surface area contributed by atoms with Crippen molar-refractivity contribution in [3.63, 3.8) is 0 Å². The maximum absolute atomic E-state index is 13.5. The van der Waals surface area contributed by atoms with E-state index in [1.54, 1.807) is 53.9 Å². The number of aliphatic hydroxyl groups excluding tert-OH is 2. The van der Waals surface area contributed by atoms with E-state index in [9.17, 15) is 29.7 Å². The summed E-state index contributed by atoms with van der Waals surface area (Å²) in [6, 6.07) is 9.53. The Morgan fingerprint density at radius 3 is 2.34 bits per heavy atom. The minimum Gasteiger partial charge on any atom is -0.462 e. The van der Waals surface area contributed by atoms with Crippen LogP contribution < -0.4 is 5.32 Å². The van der Waals surface area contributed by atoms with Crippen molar-refractivity contribution in [1.82, 2.24) is 10.2 Å². The fourth-order valence-electron chi connectivity index (χ4n) is 9.08. The third-order valence-corrected chi connectivity index (χ3v) is 12.4. The molecule has 0 amide bonds. The van der Waals surface area contributed by atoms with Crippen LogP contribution in [0.3, 0.4) is 0 Å². The Balaban J connectivity index is 1.60. The fraction of sp³-hybridized carbons (Fsp3) is 0.735. The first-order valence-corrected chi connectivity index (χ1v) is 23.2. The van der Waals surface area contributed by atoms with E-state index in [0.717, 1.165) is 19.4 Å². The van der Waals surface area contributed by atoms with Gasteiger partial charge in [-0.3, -0.25) is 14.4 Å². The molecule has 3 heterocycles. The average Bonchev–Trinajstić information content (AvgIpc) is 3.20. The van der Waals surface area contributed by atoms with E-state index < -0.39 is 103 Å². The van der Waals surface area contributed by atoms with Crippen LogP contribution in [0.2, 0.25) is 0 Å². The molecule has 1 aromatic rings. The van der Waals surface area contributed by atoms with Gasteiger partial charge in [-0.05, 0) is 104 Å². The molecule has 4 rings (SSSR count). The number of likely N-dealkylation sites (N-methyl/N-ethyl adjacent to an activating group) is 1. The molecule has 0 bridgehead atoms. The summed E-state index contributed by atoms with van der Waals surface area (Å²) in [4.78, 5) is 41.1. The third-order valence-electron chi connectivity index (χ3n) is 12.4. The number of rotatable bonds is 16. The molecule has 3 aliphatic heterocycles. The second-order valence-electron chi connectivity index (χ2n) is 18.9. The van der Waals surface area contributed by atoms with Crippen LogP contribution in [0.25, 0.3) is 0 Å². The summed E-state index contributed by atoms with van der Waals surface area (Å²) in [5.41, 5.74) is -0.229. The smallest absolute Gasteiger partial charge is 0.308 e. The summed E-state index contributed by atoms with van der Waals surface area (Å²) in [6.07, 6.45) is -0.911. The summed E-state index contributed by atoms with van der Waals surface area (Å²) < 4.78 is 43.4. The van der Waals surface area contributed by atoms with Gasteiger partial charge in [-0.15, -0.1) is 0 Å². The van der Waals surface area contributed by atoms with E-state index in [2.05, 4.69) is 17.4 Å². The molecule has 15 nitrogen and oxygen atoms in total. The molecule has 0 radical (unpaired) electrons.